The van der Waals surface area contributed by atoms with E-state index in [0.717, 1.165) is 0 Å². The Hall–Kier alpha value is -4.26. The highest BCUT2D eigenvalue weighted by molar-refractivity contribution is 6.19. The number of anilines is 1. The van der Waals surface area contributed by atoms with E-state index in [9.17, 15) is 9.59 Å². The Morgan fingerprint density at radius 2 is 1.47 bits per heavy atom. The third-order valence-corrected chi connectivity index (χ3v) is 5.04. The molecule has 0 unspecified atom stereocenters. The van der Waals surface area contributed by atoms with Crippen LogP contribution in [0.25, 0.3) is 11.0 Å². The van der Waals surface area contributed by atoms with Gasteiger partial charge < -0.3 is 23.9 Å². The third-order valence-electron chi connectivity index (χ3n) is 5.04. The summed E-state index contributed by atoms with van der Waals surface area (Å²) >= 11 is 0. The summed E-state index contributed by atoms with van der Waals surface area (Å²) in [5.41, 5.74) is 1.55. The lowest BCUT2D eigenvalue weighted by atomic mass is 10.1. The van der Waals surface area contributed by atoms with Gasteiger partial charge in [0, 0.05) is 16.5 Å². The molecule has 4 rings (SSSR count). The number of hydrogen-bond acceptors (Lipinski definition) is 6. The van der Waals surface area contributed by atoms with Crippen LogP contribution in [0.2, 0.25) is 0 Å². The highest BCUT2D eigenvalue weighted by atomic mass is 16.5. The molecule has 1 amide bonds. The number of carbonyl (C=O) groups excluding carboxylic acids is 2. The topological polar surface area (TPSA) is 87.0 Å². The molecular formula is C25H21NO6. The zero-order chi connectivity index (χ0) is 22.7. The molecule has 0 saturated carbocycles. The van der Waals surface area contributed by atoms with E-state index >= 15 is 0 Å². The van der Waals surface area contributed by atoms with E-state index in [1.807, 2.05) is 6.07 Å². The van der Waals surface area contributed by atoms with Gasteiger partial charge in [0.15, 0.2) is 17.3 Å². The van der Waals surface area contributed by atoms with Gasteiger partial charge in [0.2, 0.25) is 5.78 Å². The van der Waals surface area contributed by atoms with E-state index in [1.165, 1.54) is 14.2 Å². The minimum atomic E-state index is -0.415. The molecule has 1 N–H and O–H groups in total. The summed E-state index contributed by atoms with van der Waals surface area (Å²) in [5, 5.41) is 3.46. The van der Waals surface area contributed by atoms with Crippen LogP contribution in [0.4, 0.5) is 5.69 Å². The van der Waals surface area contributed by atoms with E-state index in [0.29, 0.717) is 45.0 Å². The van der Waals surface area contributed by atoms with Gasteiger partial charge in [-0.3, -0.25) is 9.59 Å². The molecular weight excluding hydrogens is 410 g/mol. The molecule has 0 radical (unpaired) electrons. The number of hydrogen-bond donors (Lipinski definition) is 1. The fourth-order valence-electron chi connectivity index (χ4n) is 3.37. The monoisotopic (exact) mass is 431 g/mol. The Morgan fingerprint density at radius 1 is 0.781 bits per heavy atom. The molecule has 0 saturated heterocycles. The molecule has 1 heterocycles. The van der Waals surface area contributed by atoms with Crippen molar-refractivity contribution in [3.8, 4) is 17.2 Å². The second-order valence-electron chi connectivity index (χ2n) is 6.88. The maximum atomic E-state index is 13.2. The molecule has 3 aromatic carbocycles. The summed E-state index contributed by atoms with van der Waals surface area (Å²) in [6.45, 7) is 0. The average Bonchev–Trinajstić information content (AvgIpc) is 3.21. The van der Waals surface area contributed by atoms with Gasteiger partial charge in [-0.05, 0) is 54.6 Å². The number of methoxy groups -OCH3 is 3. The smallest absolute Gasteiger partial charge is 0.255 e. The Morgan fingerprint density at radius 3 is 2.16 bits per heavy atom. The molecule has 7 heteroatoms. The first-order valence-electron chi connectivity index (χ1n) is 9.79. The Labute approximate surface area is 184 Å². The highest BCUT2D eigenvalue weighted by Crippen LogP contribution is 2.34. The molecule has 0 atom stereocenters. The van der Waals surface area contributed by atoms with Gasteiger partial charge >= 0.3 is 0 Å². The molecule has 0 aliphatic heterocycles. The van der Waals surface area contributed by atoms with Gasteiger partial charge in [-0.15, -0.1) is 0 Å². The van der Waals surface area contributed by atoms with E-state index in [-0.39, 0.29) is 11.5 Å². The van der Waals surface area contributed by atoms with Crippen LogP contribution in [0.5, 0.6) is 17.2 Å². The van der Waals surface area contributed by atoms with E-state index in [2.05, 4.69) is 5.32 Å². The second-order valence-corrected chi connectivity index (χ2v) is 6.88. The molecule has 7 nitrogen and oxygen atoms in total. The maximum absolute atomic E-state index is 13.2. The van der Waals surface area contributed by atoms with Crippen molar-refractivity contribution in [2.45, 2.75) is 0 Å². The van der Waals surface area contributed by atoms with Gasteiger partial charge in [0.05, 0.1) is 27.0 Å². The minimum Gasteiger partial charge on any atom is -0.497 e. The van der Waals surface area contributed by atoms with E-state index in [4.69, 9.17) is 18.6 Å². The number of ether oxygens (including phenoxy) is 3. The summed E-state index contributed by atoms with van der Waals surface area (Å²) in [7, 11) is 4.57. The van der Waals surface area contributed by atoms with Crippen LogP contribution < -0.4 is 19.5 Å². The first kappa shape index (κ1) is 21.0. The lowest BCUT2D eigenvalue weighted by Crippen LogP contribution is -2.14. The summed E-state index contributed by atoms with van der Waals surface area (Å²) in [6, 6.07) is 18.6. The molecule has 0 bridgehead atoms. The van der Waals surface area contributed by atoms with Gasteiger partial charge in [-0.1, -0.05) is 12.1 Å². The largest absolute Gasteiger partial charge is 0.497 e. The van der Waals surface area contributed by atoms with Crippen LogP contribution in [-0.2, 0) is 0 Å². The lowest BCUT2D eigenvalue weighted by Gasteiger charge is -2.10. The number of furan rings is 1. The van der Waals surface area contributed by atoms with Gasteiger partial charge in [0.25, 0.3) is 5.91 Å². The molecule has 0 spiro atoms. The zero-order valence-corrected chi connectivity index (χ0v) is 17.8. The lowest BCUT2D eigenvalue weighted by molar-refractivity contribution is 0.101. The van der Waals surface area contributed by atoms with Gasteiger partial charge in [-0.2, -0.15) is 0 Å². The van der Waals surface area contributed by atoms with Crippen LogP contribution in [0, 0.1) is 0 Å². The number of rotatable bonds is 7. The standard InChI is InChI=1S/C25H21NO6/c1-29-17-11-8-15(9-12-17)23(27)24-22(18-6-4-5-7-19(18)32-24)26-25(28)16-10-13-20(30-2)21(14-16)31-3/h4-14H,1-3H3,(H,26,28). The quantitative estimate of drug-likeness (QED) is 0.417. The predicted octanol–water partition coefficient (Wildman–Crippen LogP) is 4.94. The molecule has 0 aliphatic carbocycles. The summed E-state index contributed by atoms with van der Waals surface area (Å²) in [6.07, 6.45) is 0. The number of benzene rings is 3. The zero-order valence-electron chi connectivity index (χ0n) is 17.8. The molecule has 32 heavy (non-hydrogen) atoms. The van der Waals surface area contributed by atoms with Crippen LogP contribution in [0.15, 0.2) is 71.1 Å². The van der Waals surface area contributed by atoms with Crippen molar-refractivity contribution < 1.29 is 28.2 Å². The minimum absolute atomic E-state index is 0.0465. The van der Waals surface area contributed by atoms with Crippen molar-refractivity contribution in [2.24, 2.45) is 0 Å². The van der Waals surface area contributed by atoms with Crippen molar-refractivity contribution >= 4 is 28.3 Å². The summed E-state index contributed by atoms with van der Waals surface area (Å²) in [5.74, 6) is 0.839. The third kappa shape index (κ3) is 3.88. The van der Waals surface area contributed by atoms with Crippen LogP contribution >= 0.6 is 0 Å². The fraction of sp³-hybridized carbons (Fsp3) is 0.120. The molecule has 0 fully saturated rings. The second kappa shape index (κ2) is 8.85. The average molecular weight is 431 g/mol. The SMILES string of the molecule is COc1ccc(C(=O)c2oc3ccccc3c2NC(=O)c2ccc(OC)c(OC)c2)cc1. The number of para-hydroxylation sites is 1. The van der Waals surface area contributed by atoms with Crippen molar-refractivity contribution in [3.63, 3.8) is 0 Å². The number of carbonyl (C=O) groups is 2. The number of nitrogens with one attached hydrogen (secondary N) is 1. The Balaban J connectivity index is 1.73. The number of ketones is 1. The predicted molar refractivity (Wildman–Crippen MR) is 120 cm³/mol. The van der Waals surface area contributed by atoms with E-state index < -0.39 is 5.91 Å². The van der Waals surface area contributed by atoms with Crippen molar-refractivity contribution in [1.29, 1.82) is 0 Å². The van der Waals surface area contributed by atoms with Crippen LogP contribution in [0.1, 0.15) is 26.5 Å². The normalized spacial score (nSPS) is 10.6. The fourth-order valence-corrected chi connectivity index (χ4v) is 3.37. The number of fused-ring (bicyclic) bond motifs is 1. The summed E-state index contributed by atoms with van der Waals surface area (Å²) in [4.78, 5) is 26.3. The van der Waals surface area contributed by atoms with Crippen molar-refractivity contribution in [3.05, 3.63) is 83.6 Å². The van der Waals surface area contributed by atoms with Crippen molar-refractivity contribution in [2.75, 3.05) is 26.6 Å². The Kier molecular flexibility index (Phi) is 5.81. The molecule has 1 aromatic heterocycles. The van der Waals surface area contributed by atoms with Gasteiger partial charge in [-0.25, -0.2) is 0 Å². The maximum Gasteiger partial charge on any atom is 0.255 e. The molecule has 162 valence electrons. The first-order chi connectivity index (χ1) is 15.5. The van der Waals surface area contributed by atoms with Crippen LogP contribution in [0.3, 0.4) is 0 Å². The van der Waals surface area contributed by atoms with Crippen molar-refractivity contribution in [1.82, 2.24) is 0 Å². The first-order valence-corrected chi connectivity index (χ1v) is 9.79. The van der Waals surface area contributed by atoms with E-state index in [1.54, 1.807) is 67.8 Å². The molecule has 0 aliphatic rings. The molecule has 4 aromatic rings. The number of amides is 1. The Bertz CT molecular complexity index is 1290. The van der Waals surface area contributed by atoms with Gasteiger partial charge in [0.1, 0.15) is 11.3 Å². The highest BCUT2D eigenvalue weighted by Gasteiger charge is 2.24. The summed E-state index contributed by atoms with van der Waals surface area (Å²) < 4.78 is 21.5. The van der Waals surface area contributed by atoms with Crippen LogP contribution in [-0.4, -0.2) is 33.0 Å².